The van der Waals surface area contributed by atoms with E-state index in [1.54, 1.807) is 28.6 Å². The zero-order valence-electron chi connectivity index (χ0n) is 10.1. The molecular formula is C13H13IN2OS. The first-order chi connectivity index (χ1) is 8.59. The number of amides is 1. The highest BCUT2D eigenvalue weighted by Crippen LogP contribution is 2.23. The summed E-state index contributed by atoms with van der Waals surface area (Å²) in [5.41, 5.74) is 1.85. The zero-order valence-corrected chi connectivity index (χ0v) is 13.1. The minimum absolute atomic E-state index is 0.0399. The second-order valence-corrected chi connectivity index (χ2v) is 6.82. The number of hydrogen-bond acceptors (Lipinski definition) is 3. The highest BCUT2D eigenvalue weighted by Gasteiger charge is 2.19. The summed E-state index contributed by atoms with van der Waals surface area (Å²) in [6.07, 6.45) is 3.50. The van der Waals surface area contributed by atoms with Crippen LogP contribution in [0.15, 0.2) is 36.0 Å². The van der Waals surface area contributed by atoms with Crippen LogP contribution < -0.4 is 0 Å². The van der Waals surface area contributed by atoms with Crippen LogP contribution in [0.25, 0.3) is 0 Å². The van der Waals surface area contributed by atoms with Gasteiger partial charge in [-0.25, -0.2) is 0 Å². The van der Waals surface area contributed by atoms with Gasteiger partial charge in [0.15, 0.2) is 0 Å². The lowest BCUT2D eigenvalue weighted by molar-refractivity contribution is 0.0743. The van der Waals surface area contributed by atoms with Crippen molar-refractivity contribution in [2.45, 2.75) is 13.0 Å². The van der Waals surface area contributed by atoms with Crippen molar-refractivity contribution in [1.29, 1.82) is 0 Å². The topological polar surface area (TPSA) is 33.2 Å². The quantitative estimate of drug-likeness (QED) is 0.772. The Morgan fingerprint density at radius 2 is 2.11 bits per heavy atom. The predicted molar refractivity (Wildman–Crippen MR) is 81.8 cm³/mol. The van der Waals surface area contributed by atoms with Gasteiger partial charge in [-0.1, -0.05) is 0 Å². The van der Waals surface area contributed by atoms with Crippen molar-refractivity contribution in [2.24, 2.45) is 0 Å². The van der Waals surface area contributed by atoms with Crippen molar-refractivity contribution in [3.05, 3.63) is 50.0 Å². The number of hydrogen-bond donors (Lipinski definition) is 0. The fourth-order valence-corrected chi connectivity index (χ4v) is 2.99. The van der Waals surface area contributed by atoms with E-state index in [1.807, 2.05) is 37.6 Å². The monoisotopic (exact) mass is 372 g/mol. The van der Waals surface area contributed by atoms with Gasteiger partial charge in [-0.15, -0.1) is 11.3 Å². The third-order valence-corrected chi connectivity index (χ3v) is 4.69. The summed E-state index contributed by atoms with van der Waals surface area (Å²) in [4.78, 5) is 18.0. The predicted octanol–water partition coefficient (Wildman–Crippen LogP) is 3.58. The van der Waals surface area contributed by atoms with E-state index in [0.29, 0.717) is 0 Å². The number of halogens is 1. The molecular weight excluding hydrogens is 359 g/mol. The number of carbonyl (C=O) groups excluding carboxylic acids is 1. The molecule has 2 rings (SSSR count). The van der Waals surface area contributed by atoms with Crippen LogP contribution in [0.3, 0.4) is 0 Å². The van der Waals surface area contributed by atoms with Gasteiger partial charge in [-0.2, -0.15) is 0 Å². The molecule has 94 valence electrons. The van der Waals surface area contributed by atoms with Crippen molar-refractivity contribution < 1.29 is 4.79 Å². The van der Waals surface area contributed by atoms with E-state index in [-0.39, 0.29) is 11.9 Å². The van der Waals surface area contributed by atoms with E-state index in [9.17, 15) is 4.79 Å². The summed E-state index contributed by atoms with van der Waals surface area (Å²) < 4.78 is 1.13. The Balaban J connectivity index is 2.16. The first-order valence-corrected chi connectivity index (χ1v) is 7.46. The molecule has 0 aliphatic heterocycles. The average molecular weight is 372 g/mol. The third-order valence-electron chi connectivity index (χ3n) is 2.90. The van der Waals surface area contributed by atoms with Gasteiger partial charge in [0.2, 0.25) is 0 Å². The number of carbonyl (C=O) groups is 1. The summed E-state index contributed by atoms with van der Waals surface area (Å²) in [5.74, 6) is 0.0541. The summed E-state index contributed by atoms with van der Waals surface area (Å²) >= 11 is 3.81. The minimum Gasteiger partial charge on any atom is -0.335 e. The number of pyridine rings is 1. The standard InChI is InChI=1S/C13H13IN2OS/c1-9(10-3-5-15-6-4-10)16(2)13(17)11-7-12(14)18-8-11/h3-9H,1-2H3. The van der Waals surface area contributed by atoms with Crippen molar-refractivity contribution in [3.8, 4) is 0 Å². The lowest BCUT2D eigenvalue weighted by Gasteiger charge is -2.24. The normalized spacial score (nSPS) is 12.2. The fourth-order valence-electron chi connectivity index (χ4n) is 1.67. The zero-order chi connectivity index (χ0) is 13.1. The molecule has 2 heterocycles. The molecule has 1 atom stereocenters. The second kappa shape index (κ2) is 5.79. The lowest BCUT2D eigenvalue weighted by Crippen LogP contribution is -2.29. The third kappa shape index (κ3) is 2.89. The van der Waals surface area contributed by atoms with E-state index in [4.69, 9.17) is 0 Å². The maximum atomic E-state index is 12.3. The molecule has 0 saturated carbocycles. The van der Waals surface area contributed by atoms with Gasteiger partial charge in [0.05, 0.1) is 14.5 Å². The highest BCUT2D eigenvalue weighted by atomic mass is 127. The summed E-state index contributed by atoms with van der Waals surface area (Å²) in [7, 11) is 1.83. The molecule has 0 aliphatic carbocycles. The average Bonchev–Trinajstić information content (AvgIpc) is 2.84. The Hall–Kier alpha value is -0.950. The summed E-state index contributed by atoms with van der Waals surface area (Å²) in [6.45, 7) is 2.02. The molecule has 0 N–H and O–H groups in total. The molecule has 0 aliphatic rings. The smallest absolute Gasteiger partial charge is 0.254 e. The SMILES string of the molecule is CC(c1ccncc1)N(C)C(=O)c1csc(I)c1. The van der Waals surface area contributed by atoms with Crippen LogP contribution in [0.4, 0.5) is 0 Å². The molecule has 0 fully saturated rings. The molecule has 3 nitrogen and oxygen atoms in total. The number of aromatic nitrogens is 1. The molecule has 2 aromatic heterocycles. The molecule has 2 aromatic rings. The lowest BCUT2D eigenvalue weighted by atomic mass is 10.1. The van der Waals surface area contributed by atoms with Crippen molar-refractivity contribution in [2.75, 3.05) is 7.05 Å². The highest BCUT2D eigenvalue weighted by molar-refractivity contribution is 14.1. The Morgan fingerprint density at radius 3 is 2.67 bits per heavy atom. The first-order valence-electron chi connectivity index (χ1n) is 5.50. The molecule has 1 amide bonds. The second-order valence-electron chi connectivity index (χ2n) is 4.01. The van der Waals surface area contributed by atoms with Crippen LogP contribution in [0.1, 0.15) is 28.9 Å². The van der Waals surface area contributed by atoms with Crippen molar-refractivity contribution in [3.63, 3.8) is 0 Å². The fraction of sp³-hybridized carbons (Fsp3) is 0.231. The number of rotatable bonds is 3. The van der Waals surface area contributed by atoms with Crippen LogP contribution in [-0.4, -0.2) is 22.8 Å². The van der Waals surface area contributed by atoms with E-state index in [0.717, 1.165) is 14.0 Å². The van der Waals surface area contributed by atoms with Crippen molar-refractivity contribution >= 4 is 39.8 Å². The summed E-state index contributed by atoms with van der Waals surface area (Å²) in [6, 6.07) is 5.83. The Labute approximate surface area is 124 Å². The molecule has 0 radical (unpaired) electrons. The van der Waals surface area contributed by atoms with Crippen LogP contribution in [0.5, 0.6) is 0 Å². The molecule has 0 saturated heterocycles. The number of thiophene rings is 1. The van der Waals surface area contributed by atoms with Gasteiger partial charge in [-0.3, -0.25) is 9.78 Å². The van der Waals surface area contributed by atoms with Gasteiger partial charge in [0.25, 0.3) is 5.91 Å². The Morgan fingerprint density at radius 1 is 1.44 bits per heavy atom. The number of nitrogens with zero attached hydrogens (tertiary/aromatic N) is 2. The van der Waals surface area contributed by atoms with Gasteiger partial charge >= 0.3 is 0 Å². The molecule has 1 unspecified atom stereocenters. The maximum Gasteiger partial charge on any atom is 0.254 e. The first kappa shape index (κ1) is 13.5. The van der Waals surface area contributed by atoms with Gasteiger partial charge in [0, 0.05) is 24.8 Å². The van der Waals surface area contributed by atoms with E-state index in [1.165, 1.54) is 0 Å². The van der Waals surface area contributed by atoms with E-state index in [2.05, 4.69) is 27.6 Å². The van der Waals surface area contributed by atoms with Crippen LogP contribution in [0, 0.1) is 2.88 Å². The van der Waals surface area contributed by atoms with E-state index < -0.39 is 0 Å². The van der Waals surface area contributed by atoms with Crippen molar-refractivity contribution in [1.82, 2.24) is 9.88 Å². The summed E-state index contributed by atoms with van der Waals surface area (Å²) in [5, 5.41) is 1.90. The molecule has 0 aromatic carbocycles. The molecule has 5 heteroatoms. The largest absolute Gasteiger partial charge is 0.335 e. The van der Waals surface area contributed by atoms with Crippen LogP contribution in [0.2, 0.25) is 0 Å². The van der Waals surface area contributed by atoms with E-state index >= 15 is 0 Å². The van der Waals surface area contributed by atoms with Crippen LogP contribution >= 0.6 is 33.9 Å². The Kier molecular flexibility index (Phi) is 4.34. The van der Waals surface area contributed by atoms with Gasteiger partial charge in [0.1, 0.15) is 0 Å². The molecule has 18 heavy (non-hydrogen) atoms. The molecule has 0 spiro atoms. The Bertz CT molecular complexity index is 541. The van der Waals surface area contributed by atoms with Gasteiger partial charge in [-0.05, 0) is 53.3 Å². The molecule has 0 bridgehead atoms. The van der Waals surface area contributed by atoms with Gasteiger partial charge < -0.3 is 4.90 Å². The maximum absolute atomic E-state index is 12.3. The minimum atomic E-state index is 0.0399. The van der Waals surface area contributed by atoms with Crippen LogP contribution in [-0.2, 0) is 0 Å².